The summed E-state index contributed by atoms with van der Waals surface area (Å²) >= 11 is 0. The van der Waals surface area contributed by atoms with Crippen LogP contribution in [0.4, 0.5) is 11.5 Å². The summed E-state index contributed by atoms with van der Waals surface area (Å²) in [6.07, 6.45) is 0.588. The van der Waals surface area contributed by atoms with E-state index in [1.54, 1.807) is 13.0 Å². The van der Waals surface area contributed by atoms with Crippen molar-refractivity contribution in [3.63, 3.8) is 0 Å². The van der Waals surface area contributed by atoms with Gasteiger partial charge in [-0.25, -0.2) is 9.97 Å². The molecule has 0 aliphatic heterocycles. The Labute approximate surface area is 97.6 Å². The first-order chi connectivity index (χ1) is 8.02. The van der Waals surface area contributed by atoms with Gasteiger partial charge in [-0.2, -0.15) is 0 Å². The number of fused-ring (bicyclic) bond motifs is 1. The molecule has 0 radical (unpaired) electrons. The van der Waals surface area contributed by atoms with Crippen molar-refractivity contribution in [3.05, 3.63) is 33.6 Å². The van der Waals surface area contributed by atoms with E-state index >= 15 is 0 Å². The van der Waals surface area contributed by atoms with E-state index in [0.29, 0.717) is 29.0 Å². The molecule has 17 heavy (non-hydrogen) atoms. The van der Waals surface area contributed by atoms with Crippen molar-refractivity contribution in [2.45, 2.75) is 20.3 Å². The zero-order chi connectivity index (χ0) is 12.6. The van der Waals surface area contributed by atoms with Crippen molar-refractivity contribution in [1.82, 2.24) is 9.97 Å². The maximum Gasteiger partial charge on any atom is 0.295 e. The number of nitrogens with zero attached hydrogens (tertiary/aromatic N) is 3. The van der Waals surface area contributed by atoms with Crippen molar-refractivity contribution < 1.29 is 4.92 Å². The molecule has 0 spiro atoms. The maximum atomic E-state index is 11.0. The van der Waals surface area contributed by atoms with Gasteiger partial charge in [-0.05, 0) is 18.6 Å². The third-order valence-electron chi connectivity index (χ3n) is 2.51. The van der Waals surface area contributed by atoms with Crippen LogP contribution in [0.2, 0.25) is 0 Å². The average molecular weight is 232 g/mol. The van der Waals surface area contributed by atoms with Gasteiger partial charge in [0.25, 0.3) is 5.69 Å². The number of aromatic nitrogens is 2. The van der Waals surface area contributed by atoms with Crippen LogP contribution < -0.4 is 5.73 Å². The number of nitro groups is 1. The van der Waals surface area contributed by atoms with Gasteiger partial charge in [0.2, 0.25) is 0 Å². The summed E-state index contributed by atoms with van der Waals surface area (Å²) in [6, 6.07) is 3.26. The Morgan fingerprint density at radius 2 is 2.12 bits per heavy atom. The van der Waals surface area contributed by atoms with Crippen LogP contribution in [0.5, 0.6) is 0 Å². The molecule has 0 atom stereocenters. The number of non-ortho nitro benzene ring substituents is 1. The van der Waals surface area contributed by atoms with Crippen molar-refractivity contribution in [3.8, 4) is 0 Å². The molecule has 0 saturated carbocycles. The monoisotopic (exact) mass is 232 g/mol. The highest BCUT2D eigenvalue weighted by atomic mass is 16.6. The quantitative estimate of drug-likeness (QED) is 0.631. The molecule has 1 aromatic carbocycles. The predicted molar refractivity (Wildman–Crippen MR) is 64.7 cm³/mol. The lowest BCUT2D eigenvalue weighted by Crippen LogP contribution is -2.02. The topological polar surface area (TPSA) is 94.9 Å². The lowest BCUT2D eigenvalue weighted by atomic mass is 10.1. The number of benzene rings is 1. The number of nitrogens with two attached hydrogens (primary N) is 1. The molecule has 2 aromatic rings. The van der Waals surface area contributed by atoms with Crippen molar-refractivity contribution in [2.75, 3.05) is 5.73 Å². The molecule has 1 heterocycles. The average Bonchev–Trinajstić information content (AvgIpc) is 2.28. The minimum atomic E-state index is -0.443. The minimum absolute atomic E-state index is 0.0243. The van der Waals surface area contributed by atoms with Crippen LogP contribution in [0.3, 0.4) is 0 Å². The van der Waals surface area contributed by atoms with Crippen molar-refractivity contribution in [1.29, 1.82) is 0 Å². The van der Waals surface area contributed by atoms with Gasteiger partial charge in [-0.3, -0.25) is 10.1 Å². The van der Waals surface area contributed by atoms with E-state index in [9.17, 15) is 10.1 Å². The van der Waals surface area contributed by atoms with Crippen LogP contribution in [0.15, 0.2) is 12.1 Å². The smallest absolute Gasteiger partial charge is 0.295 e. The fourth-order valence-electron chi connectivity index (χ4n) is 1.72. The first-order valence-corrected chi connectivity index (χ1v) is 5.24. The van der Waals surface area contributed by atoms with Gasteiger partial charge in [-0.1, -0.05) is 6.92 Å². The third-order valence-corrected chi connectivity index (χ3v) is 2.51. The molecule has 6 heteroatoms. The summed E-state index contributed by atoms with van der Waals surface area (Å²) in [5, 5.41) is 11.5. The van der Waals surface area contributed by atoms with E-state index in [4.69, 9.17) is 5.73 Å². The predicted octanol–water partition coefficient (Wildman–Crippen LogP) is 1.99. The van der Waals surface area contributed by atoms with Crippen LogP contribution in [0, 0.1) is 17.0 Å². The molecule has 0 saturated heterocycles. The third kappa shape index (κ3) is 1.89. The molecular formula is C11H12N4O2. The van der Waals surface area contributed by atoms with Crippen molar-refractivity contribution in [2.24, 2.45) is 0 Å². The van der Waals surface area contributed by atoms with Crippen LogP contribution in [0.1, 0.15) is 18.3 Å². The summed E-state index contributed by atoms with van der Waals surface area (Å²) in [4.78, 5) is 18.8. The second-order valence-electron chi connectivity index (χ2n) is 3.82. The maximum absolute atomic E-state index is 11.0. The number of anilines is 1. The summed E-state index contributed by atoms with van der Waals surface area (Å²) in [7, 11) is 0. The molecular weight excluding hydrogens is 220 g/mol. The number of aryl methyl sites for hydroxylation is 2. The van der Waals surface area contributed by atoms with Gasteiger partial charge in [0.1, 0.15) is 11.6 Å². The Kier molecular flexibility index (Phi) is 2.63. The Balaban J connectivity index is 2.89. The highest BCUT2D eigenvalue weighted by Crippen LogP contribution is 2.28. The fraction of sp³-hybridized carbons (Fsp3) is 0.273. The van der Waals surface area contributed by atoms with Gasteiger partial charge in [0.05, 0.1) is 4.92 Å². The first-order valence-electron chi connectivity index (χ1n) is 5.24. The Morgan fingerprint density at radius 3 is 2.71 bits per heavy atom. The molecule has 0 fully saturated rings. The highest BCUT2D eigenvalue weighted by Gasteiger charge is 2.17. The Morgan fingerprint density at radius 1 is 1.41 bits per heavy atom. The SMILES string of the molecule is CCc1nc(N)c2cc(C)cc([N+](=O)[O-])c2n1. The molecule has 1 aromatic heterocycles. The van der Waals surface area contributed by atoms with Crippen LogP contribution >= 0.6 is 0 Å². The minimum Gasteiger partial charge on any atom is -0.383 e. The van der Waals surface area contributed by atoms with Gasteiger partial charge >= 0.3 is 0 Å². The molecule has 0 amide bonds. The Hall–Kier alpha value is -2.24. The van der Waals surface area contributed by atoms with E-state index in [2.05, 4.69) is 9.97 Å². The van der Waals surface area contributed by atoms with E-state index in [-0.39, 0.29) is 5.69 Å². The molecule has 88 valence electrons. The van der Waals surface area contributed by atoms with Gasteiger partial charge in [-0.15, -0.1) is 0 Å². The standard InChI is InChI=1S/C11H12N4O2/c1-3-9-13-10-7(11(12)14-9)4-6(2)5-8(10)15(16)17/h4-5H,3H2,1-2H3,(H2,12,13,14). The number of hydrogen-bond acceptors (Lipinski definition) is 5. The van der Waals surface area contributed by atoms with E-state index < -0.39 is 4.92 Å². The first kappa shape index (κ1) is 11.3. The highest BCUT2D eigenvalue weighted by molar-refractivity contribution is 5.94. The van der Waals surface area contributed by atoms with Crippen molar-refractivity contribution >= 4 is 22.4 Å². The van der Waals surface area contributed by atoms with Gasteiger partial charge < -0.3 is 5.73 Å². The zero-order valence-corrected chi connectivity index (χ0v) is 9.60. The van der Waals surface area contributed by atoms with Crippen LogP contribution in [0.25, 0.3) is 10.9 Å². The lowest BCUT2D eigenvalue weighted by Gasteiger charge is -2.05. The normalized spacial score (nSPS) is 10.7. The molecule has 6 nitrogen and oxygen atoms in total. The van der Waals surface area contributed by atoms with Gasteiger partial charge in [0, 0.05) is 17.9 Å². The number of rotatable bonds is 2. The van der Waals surface area contributed by atoms with Crippen LogP contribution in [-0.4, -0.2) is 14.9 Å². The zero-order valence-electron chi connectivity index (χ0n) is 9.60. The number of nitrogen functional groups attached to an aromatic ring is 1. The molecule has 0 bridgehead atoms. The molecule has 0 aliphatic rings. The molecule has 0 unspecified atom stereocenters. The second kappa shape index (κ2) is 3.97. The van der Waals surface area contributed by atoms with E-state index in [1.165, 1.54) is 6.07 Å². The summed E-state index contributed by atoms with van der Waals surface area (Å²) in [5.74, 6) is 0.806. The van der Waals surface area contributed by atoms with Crippen LogP contribution in [-0.2, 0) is 6.42 Å². The second-order valence-corrected chi connectivity index (χ2v) is 3.82. The lowest BCUT2D eigenvalue weighted by molar-refractivity contribution is -0.383. The summed E-state index contributed by atoms with van der Waals surface area (Å²) < 4.78 is 0. The fourth-order valence-corrected chi connectivity index (χ4v) is 1.72. The summed E-state index contributed by atoms with van der Waals surface area (Å²) in [6.45, 7) is 3.65. The number of hydrogen-bond donors (Lipinski definition) is 1. The summed E-state index contributed by atoms with van der Waals surface area (Å²) in [5.41, 5.74) is 6.85. The number of nitro benzene ring substituents is 1. The van der Waals surface area contributed by atoms with E-state index in [0.717, 1.165) is 5.56 Å². The Bertz CT molecular complexity index is 610. The molecule has 0 aliphatic carbocycles. The van der Waals surface area contributed by atoms with Gasteiger partial charge in [0.15, 0.2) is 5.52 Å². The molecule has 2 rings (SSSR count). The van der Waals surface area contributed by atoms with E-state index in [1.807, 2.05) is 6.92 Å². The largest absolute Gasteiger partial charge is 0.383 e. The molecule has 2 N–H and O–H groups in total.